The Kier molecular flexibility index (Phi) is 8.10. The fourth-order valence-corrected chi connectivity index (χ4v) is 3.52. The fourth-order valence-electron chi connectivity index (χ4n) is 3.52. The van der Waals surface area contributed by atoms with Crippen LogP contribution >= 0.6 is 0 Å². The molecular formula is C25H33N5O. The Bertz CT molecular complexity index is 1010. The Morgan fingerprint density at radius 2 is 1.94 bits per heavy atom. The maximum atomic E-state index is 5.49. The van der Waals surface area contributed by atoms with Gasteiger partial charge in [0, 0.05) is 32.0 Å². The third kappa shape index (κ3) is 6.60. The summed E-state index contributed by atoms with van der Waals surface area (Å²) in [5.41, 5.74) is 4.88. The number of nitrogens with one attached hydrogen (secondary N) is 2. The molecule has 1 aromatic heterocycles. The van der Waals surface area contributed by atoms with Gasteiger partial charge in [-0.1, -0.05) is 42.0 Å². The molecule has 0 saturated carbocycles. The van der Waals surface area contributed by atoms with Crippen molar-refractivity contribution < 1.29 is 4.74 Å². The summed E-state index contributed by atoms with van der Waals surface area (Å²) in [6.07, 6.45) is 4.72. The molecule has 164 valence electrons. The standard InChI is InChI=1S/C25H33N5O/c1-5-26-25(28-12-11-23-15-19(2)9-10-24(23)31-4)29-17-21-7-6-8-22(16-21)18-30-14-13-27-20(30)3/h6-10,13-16H,5,11-12,17-18H2,1-4H3,(H2,26,28,29). The lowest BCUT2D eigenvalue weighted by Gasteiger charge is -2.13. The van der Waals surface area contributed by atoms with Gasteiger partial charge in [0.25, 0.3) is 0 Å². The van der Waals surface area contributed by atoms with E-state index in [0.29, 0.717) is 6.54 Å². The first-order chi connectivity index (χ1) is 15.1. The van der Waals surface area contributed by atoms with Gasteiger partial charge in [-0.05, 0) is 49.9 Å². The first kappa shape index (κ1) is 22.4. The molecule has 0 amide bonds. The monoisotopic (exact) mass is 419 g/mol. The molecule has 31 heavy (non-hydrogen) atoms. The first-order valence-corrected chi connectivity index (χ1v) is 10.8. The molecule has 0 saturated heterocycles. The van der Waals surface area contributed by atoms with Crippen molar-refractivity contribution in [2.24, 2.45) is 4.99 Å². The first-order valence-electron chi connectivity index (χ1n) is 10.8. The van der Waals surface area contributed by atoms with Gasteiger partial charge in [-0.2, -0.15) is 0 Å². The molecule has 3 aromatic rings. The number of hydrogen-bond acceptors (Lipinski definition) is 3. The third-order valence-corrected chi connectivity index (χ3v) is 5.15. The summed E-state index contributed by atoms with van der Waals surface area (Å²) >= 11 is 0. The Morgan fingerprint density at radius 3 is 2.68 bits per heavy atom. The van der Waals surface area contributed by atoms with Crippen molar-refractivity contribution in [3.05, 3.63) is 82.9 Å². The lowest BCUT2D eigenvalue weighted by molar-refractivity contribution is 0.409. The maximum absolute atomic E-state index is 5.49. The molecule has 0 aliphatic carbocycles. The number of methoxy groups -OCH3 is 1. The molecule has 0 bridgehead atoms. The number of guanidine groups is 1. The lowest BCUT2D eigenvalue weighted by atomic mass is 10.1. The second kappa shape index (κ2) is 11.2. The zero-order valence-corrected chi connectivity index (χ0v) is 19.0. The normalized spacial score (nSPS) is 11.4. The van der Waals surface area contributed by atoms with Crippen molar-refractivity contribution >= 4 is 5.96 Å². The molecule has 6 nitrogen and oxygen atoms in total. The Balaban J connectivity index is 1.60. The smallest absolute Gasteiger partial charge is 0.191 e. The van der Waals surface area contributed by atoms with Gasteiger partial charge in [0.05, 0.1) is 13.7 Å². The summed E-state index contributed by atoms with van der Waals surface area (Å²) < 4.78 is 7.63. The Morgan fingerprint density at radius 1 is 1.10 bits per heavy atom. The maximum Gasteiger partial charge on any atom is 0.191 e. The molecule has 0 unspecified atom stereocenters. The van der Waals surface area contributed by atoms with Crippen LogP contribution in [0.1, 0.15) is 35.0 Å². The summed E-state index contributed by atoms with van der Waals surface area (Å²) in [7, 11) is 1.72. The lowest BCUT2D eigenvalue weighted by Crippen LogP contribution is -2.38. The van der Waals surface area contributed by atoms with E-state index in [1.807, 2.05) is 25.4 Å². The van der Waals surface area contributed by atoms with Crippen LogP contribution in [-0.2, 0) is 19.5 Å². The van der Waals surface area contributed by atoms with E-state index in [2.05, 4.69) is 70.4 Å². The van der Waals surface area contributed by atoms with Crippen LogP contribution in [-0.4, -0.2) is 35.7 Å². The van der Waals surface area contributed by atoms with E-state index >= 15 is 0 Å². The van der Waals surface area contributed by atoms with Crippen molar-refractivity contribution in [3.63, 3.8) is 0 Å². The molecule has 3 rings (SSSR count). The number of nitrogens with zero attached hydrogens (tertiary/aromatic N) is 3. The van der Waals surface area contributed by atoms with E-state index in [0.717, 1.165) is 43.6 Å². The van der Waals surface area contributed by atoms with Crippen molar-refractivity contribution in [3.8, 4) is 5.75 Å². The summed E-state index contributed by atoms with van der Waals surface area (Å²) in [4.78, 5) is 9.07. The van der Waals surface area contributed by atoms with Crippen molar-refractivity contribution in [2.45, 2.75) is 40.3 Å². The number of aryl methyl sites for hydroxylation is 2. The molecule has 0 atom stereocenters. The SMILES string of the molecule is CCNC(=NCc1cccc(Cn2ccnc2C)c1)NCCc1cc(C)ccc1OC. The zero-order chi connectivity index (χ0) is 22.1. The minimum absolute atomic E-state index is 0.625. The topological polar surface area (TPSA) is 63.5 Å². The molecular weight excluding hydrogens is 386 g/mol. The van der Waals surface area contributed by atoms with Crippen LogP contribution in [0, 0.1) is 13.8 Å². The molecule has 2 N–H and O–H groups in total. The predicted octanol–water partition coefficient (Wildman–Crippen LogP) is 3.85. The van der Waals surface area contributed by atoms with Gasteiger partial charge in [-0.15, -0.1) is 0 Å². The Labute approximate surface area is 185 Å². The highest BCUT2D eigenvalue weighted by molar-refractivity contribution is 5.79. The van der Waals surface area contributed by atoms with Gasteiger partial charge in [0.2, 0.25) is 0 Å². The molecule has 2 aromatic carbocycles. The molecule has 0 aliphatic rings. The molecule has 0 aliphatic heterocycles. The average molecular weight is 420 g/mol. The van der Waals surface area contributed by atoms with E-state index in [9.17, 15) is 0 Å². The van der Waals surface area contributed by atoms with Crippen LogP contribution < -0.4 is 15.4 Å². The number of aromatic nitrogens is 2. The third-order valence-electron chi connectivity index (χ3n) is 5.15. The Hall–Kier alpha value is -3.28. The van der Waals surface area contributed by atoms with Gasteiger partial charge < -0.3 is 19.9 Å². The van der Waals surface area contributed by atoms with E-state index < -0.39 is 0 Å². The average Bonchev–Trinajstić information content (AvgIpc) is 3.17. The number of hydrogen-bond donors (Lipinski definition) is 2. The zero-order valence-electron chi connectivity index (χ0n) is 19.0. The summed E-state index contributed by atoms with van der Waals surface area (Å²) in [6, 6.07) is 14.9. The van der Waals surface area contributed by atoms with Crippen LogP contribution in [0.25, 0.3) is 0 Å². The summed E-state index contributed by atoms with van der Waals surface area (Å²) in [6.45, 7) is 9.25. The van der Waals surface area contributed by atoms with E-state index in [1.54, 1.807) is 7.11 Å². The highest BCUT2D eigenvalue weighted by atomic mass is 16.5. The second-order valence-electron chi connectivity index (χ2n) is 7.61. The molecule has 0 spiro atoms. The minimum atomic E-state index is 0.625. The van der Waals surface area contributed by atoms with E-state index in [4.69, 9.17) is 9.73 Å². The number of ether oxygens (including phenoxy) is 1. The number of aliphatic imine (C=N–C) groups is 1. The van der Waals surface area contributed by atoms with E-state index in [-0.39, 0.29) is 0 Å². The van der Waals surface area contributed by atoms with Crippen LogP contribution in [0.2, 0.25) is 0 Å². The quantitative estimate of drug-likeness (QED) is 0.408. The minimum Gasteiger partial charge on any atom is -0.496 e. The van der Waals surface area contributed by atoms with Gasteiger partial charge >= 0.3 is 0 Å². The van der Waals surface area contributed by atoms with Crippen molar-refractivity contribution in [2.75, 3.05) is 20.2 Å². The van der Waals surface area contributed by atoms with Gasteiger partial charge in [-0.25, -0.2) is 9.98 Å². The number of imidazole rings is 1. The van der Waals surface area contributed by atoms with Crippen molar-refractivity contribution in [1.82, 2.24) is 20.2 Å². The highest BCUT2D eigenvalue weighted by Gasteiger charge is 2.05. The molecule has 0 fully saturated rings. The number of benzene rings is 2. The summed E-state index contributed by atoms with van der Waals surface area (Å²) in [5, 5.41) is 6.77. The van der Waals surface area contributed by atoms with Crippen LogP contribution in [0.3, 0.4) is 0 Å². The van der Waals surface area contributed by atoms with E-state index in [1.165, 1.54) is 22.3 Å². The van der Waals surface area contributed by atoms with Crippen LogP contribution in [0.15, 0.2) is 59.9 Å². The molecule has 1 heterocycles. The van der Waals surface area contributed by atoms with Gasteiger partial charge in [0.1, 0.15) is 11.6 Å². The van der Waals surface area contributed by atoms with Crippen LogP contribution in [0.4, 0.5) is 0 Å². The fraction of sp³-hybridized carbons (Fsp3) is 0.360. The summed E-state index contributed by atoms with van der Waals surface area (Å²) in [5.74, 6) is 2.77. The molecule has 6 heteroatoms. The van der Waals surface area contributed by atoms with Crippen LogP contribution in [0.5, 0.6) is 5.75 Å². The van der Waals surface area contributed by atoms with Gasteiger partial charge in [0.15, 0.2) is 5.96 Å². The second-order valence-corrected chi connectivity index (χ2v) is 7.61. The molecule has 0 radical (unpaired) electrons. The van der Waals surface area contributed by atoms with Crippen molar-refractivity contribution in [1.29, 1.82) is 0 Å². The predicted molar refractivity (Wildman–Crippen MR) is 127 cm³/mol. The largest absolute Gasteiger partial charge is 0.496 e. The number of rotatable bonds is 9. The van der Waals surface area contributed by atoms with Gasteiger partial charge in [-0.3, -0.25) is 0 Å². The highest BCUT2D eigenvalue weighted by Crippen LogP contribution is 2.19.